The number of hydrogen-bond donors (Lipinski definition) is 3. The van der Waals surface area contributed by atoms with Gasteiger partial charge in [-0.3, -0.25) is 0 Å². The summed E-state index contributed by atoms with van der Waals surface area (Å²) in [7, 11) is 0. The summed E-state index contributed by atoms with van der Waals surface area (Å²) >= 11 is 0. The highest BCUT2D eigenvalue weighted by Crippen LogP contribution is 2.23. The maximum atomic E-state index is 12.7. The van der Waals surface area contributed by atoms with E-state index in [1.807, 2.05) is 6.92 Å². The molecule has 0 saturated heterocycles. The molecule has 0 saturated carbocycles. The van der Waals surface area contributed by atoms with Crippen LogP contribution in [0.3, 0.4) is 0 Å². The van der Waals surface area contributed by atoms with E-state index < -0.39 is 6.03 Å². The lowest BCUT2D eigenvalue weighted by Gasteiger charge is -2.09. The SMILES string of the molecule is Cc1ccc(O)c(NC(=O)NCc2ccc(F)cc2)c1. The van der Waals surface area contributed by atoms with Crippen LogP contribution in [0.4, 0.5) is 14.9 Å². The average molecular weight is 274 g/mol. The molecule has 20 heavy (non-hydrogen) atoms. The van der Waals surface area contributed by atoms with Crippen LogP contribution in [0.15, 0.2) is 42.5 Å². The summed E-state index contributed by atoms with van der Waals surface area (Å²) in [4.78, 5) is 11.7. The first-order valence-electron chi connectivity index (χ1n) is 6.13. The van der Waals surface area contributed by atoms with Crippen molar-refractivity contribution < 1.29 is 14.3 Å². The Kier molecular flexibility index (Phi) is 4.20. The van der Waals surface area contributed by atoms with Gasteiger partial charge in [0.05, 0.1) is 5.69 Å². The van der Waals surface area contributed by atoms with Gasteiger partial charge in [0.1, 0.15) is 11.6 Å². The molecule has 2 aromatic carbocycles. The highest BCUT2D eigenvalue weighted by Gasteiger charge is 2.06. The number of aryl methyl sites for hydroxylation is 1. The highest BCUT2D eigenvalue weighted by molar-refractivity contribution is 5.90. The minimum Gasteiger partial charge on any atom is -0.506 e. The number of phenols is 1. The first-order chi connectivity index (χ1) is 9.54. The molecule has 0 aliphatic carbocycles. The van der Waals surface area contributed by atoms with Crippen molar-refractivity contribution >= 4 is 11.7 Å². The van der Waals surface area contributed by atoms with E-state index in [0.29, 0.717) is 5.69 Å². The van der Waals surface area contributed by atoms with Gasteiger partial charge in [-0.1, -0.05) is 18.2 Å². The number of phenolic OH excluding ortho intramolecular Hbond substituents is 1. The largest absolute Gasteiger partial charge is 0.506 e. The van der Waals surface area contributed by atoms with Crippen molar-refractivity contribution in [3.05, 3.63) is 59.4 Å². The number of carbonyl (C=O) groups excluding carboxylic acids is 1. The van der Waals surface area contributed by atoms with Gasteiger partial charge >= 0.3 is 6.03 Å². The minimum atomic E-state index is -0.435. The van der Waals surface area contributed by atoms with Crippen molar-refractivity contribution in [2.75, 3.05) is 5.32 Å². The van der Waals surface area contributed by atoms with Crippen LogP contribution in [0.1, 0.15) is 11.1 Å². The van der Waals surface area contributed by atoms with Crippen molar-refractivity contribution in [2.45, 2.75) is 13.5 Å². The Morgan fingerprint density at radius 2 is 1.90 bits per heavy atom. The van der Waals surface area contributed by atoms with Crippen molar-refractivity contribution in [3.63, 3.8) is 0 Å². The topological polar surface area (TPSA) is 61.4 Å². The first-order valence-corrected chi connectivity index (χ1v) is 6.13. The van der Waals surface area contributed by atoms with Gasteiger partial charge in [-0.25, -0.2) is 9.18 Å². The van der Waals surface area contributed by atoms with E-state index in [-0.39, 0.29) is 18.1 Å². The van der Waals surface area contributed by atoms with Crippen molar-refractivity contribution in [1.29, 1.82) is 0 Å². The molecule has 0 bridgehead atoms. The molecule has 4 nitrogen and oxygen atoms in total. The first kappa shape index (κ1) is 13.9. The summed E-state index contributed by atoms with van der Waals surface area (Å²) in [6.07, 6.45) is 0. The minimum absolute atomic E-state index is 0.00697. The van der Waals surface area contributed by atoms with Crippen LogP contribution in [-0.2, 0) is 6.54 Å². The van der Waals surface area contributed by atoms with Gasteiger partial charge in [0.25, 0.3) is 0 Å². The maximum absolute atomic E-state index is 12.7. The van der Waals surface area contributed by atoms with Gasteiger partial charge in [0, 0.05) is 6.54 Å². The number of halogens is 1. The second-order valence-electron chi connectivity index (χ2n) is 4.45. The average Bonchev–Trinajstić information content (AvgIpc) is 2.42. The molecule has 2 aromatic rings. The van der Waals surface area contributed by atoms with E-state index in [9.17, 15) is 14.3 Å². The molecule has 0 aliphatic rings. The third kappa shape index (κ3) is 3.71. The zero-order valence-corrected chi connectivity index (χ0v) is 11.0. The van der Waals surface area contributed by atoms with Gasteiger partial charge in [-0.2, -0.15) is 0 Å². The Morgan fingerprint density at radius 3 is 2.60 bits per heavy atom. The molecule has 5 heteroatoms. The molecule has 2 amide bonds. The summed E-state index contributed by atoms with van der Waals surface area (Å²) < 4.78 is 12.7. The van der Waals surface area contributed by atoms with Gasteiger partial charge < -0.3 is 15.7 Å². The van der Waals surface area contributed by atoms with Crippen LogP contribution in [-0.4, -0.2) is 11.1 Å². The van der Waals surface area contributed by atoms with E-state index in [2.05, 4.69) is 10.6 Å². The predicted molar refractivity (Wildman–Crippen MR) is 75.1 cm³/mol. The Balaban J connectivity index is 1.92. The molecule has 0 fully saturated rings. The quantitative estimate of drug-likeness (QED) is 0.753. The van der Waals surface area contributed by atoms with Gasteiger partial charge in [-0.15, -0.1) is 0 Å². The van der Waals surface area contributed by atoms with Gasteiger partial charge in [-0.05, 0) is 42.3 Å². The lowest BCUT2D eigenvalue weighted by molar-refractivity contribution is 0.251. The van der Waals surface area contributed by atoms with E-state index >= 15 is 0 Å². The van der Waals surface area contributed by atoms with Crippen molar-refractivity contribution in [1.82, 2.24) is 5.32 Å². The third-order valence-electron chi connectivity index (χ3n) is 2.77. The number of nitrogens with one attached hydrogen (secondary N) is 2. The number of hydrogen-bond acceptors (Lipinski definition) is 2. The second-order valence-corrected chi connectivity index (χ2v) is 4.45. The van der Waals surface area contributed by atoms with E-state index in [1.54, 1.807) is 24.3 Å². The molecular formula is C15H15FN2O2. The zero-order chi connectivity index (χ0) is 14.5. The molecule has 3 N–H and O–H groups in total. The Labute approximate surface area is 116 Å². The number of amides is 2. The van der Waals surface area contributed by atoms with Gasteiger partial charge in [0.2, 0.25) is 0 Å². The Morgan fingerprint density at radius 1 is 1.20 bits per heavy atom. The fourth-order valence-corrected chi connectivity index (χ4v) is 1.70. The summed E-state index contributed by atoms with van der Waals surface area (Å²) in [5.74, 6) is -0.310. The summed E-state index contributed by atoms with van der Waals surface area (Å²) in [6, 6.07) is 10.4. The molecule has 0 aliphatic heterocycles. The fourth-order valence-electron chi connectivity index (χ4n) is 1.70. The van der Waals surface area contributed by atoms with Crippen molar-refractivity contribution in [2.24, 2.45) is 0 Å². The molecule has 0 unspecified atom stereocenters. The van der Waals surface area contributed by atoms with Crippen LogP contribution in [0.25, 0.3) is 0 Å². The maximum Gasteiger partial charge on any atom is 0.319 e. The van der Waals surface area contributed by atoms with Crippen LogP contribution in [0.2, 0.25) is 0 Å². The molecular weight excluding hydrogens is 259 g/mol. The lowest BCUT2D eigenvalue weighted by Crippen LogP contribution is -2.28. The third-order valence-corrected chi connectivity index (χ3v) is 2.77. The molecule has 0 atom stereocenters. The summed E-state index contributed by atoms with van der Waals surface area (Å²) in [6.45, 7) is 2.14. The molecule has 0 heterocycles. The monoisotopic (exact) mass is 274 g/mol. The molecule has 0 spiro atoms. The van der Waals surface area contributed by atoms with Crippen LogP contribution in [0.5, 0.6) is 5.75 Å². The zero-order valence-electron chi connectivity index (χ0n) is 11.0. The second kappa shape index (κ2) is 6.06. The number of urea groups is 1. The number of rotatable bonds is 3. The smallest absolute Gasteiger partial charge is 0.319 e. The van der Waals surface area contributed by atoms with Gasteiger partial charge in [0.15, 0.2) is 0 Å². The Bertz CT molecular complexity index is 612. The predicted octanol–water partition coefficient (Wildman–Crippen LogP) is 3.16. The number of benzene rings is 2. The van der Waals surface area contributed by atoms with E-state index in [1.165, 1.54) is 18.2 Å². The summed E-state index contributed by atoms with van der Waals surface area (Å²) in [5, 5.41) is 14.8. The van der Waals surface area contributed by atoms with Crippen LogP contribution < -0.4 is 10.6 Å². The lowest BCUT2D eigenvalue weighted by atomic mass is 10.2. The van der Waals surface area contributed by atoms with Crippen LogP contribution >= 0.6 is 0 Å². The van der Waals surface area contributed by atoms with E-state index in [0.717, 1.165) is 11.1 Å². The molecule has 104 valence electrons. The number of aromatic hydroxyl groups is 1. The normalized spacial score (nSPS) is 10.1. The molecule has 0 aromatic heterocycles. The van der Waals surface area contributed by atoms with E-state index in [4.69, 9.17) is 0 Å². The molecule has 0 radical (unpaired) electrons. The summed E-state index contributed by atoms with van der Waals surface area (Å²) in [5.41, 5.74) is 2.06. The molecule has 2 rings (SSSR count). The van der Waals surface area contributed by atoms with Crippen LogP contribution in [0, 0.1) is 12.7 Å². The van der Waals surface area contributed by atoms with Crippen molar-refractivity contribution in [3.8, 4) is 5.75 Å². The number of anilines is 1. The Hall–Kier alpha value is -2.56. The fraction of sp³-hybridized carbons (Fsp3) is 0.133. The number of carbonyl (C=O) groups is 1. The highest BCUT2D eigenvalue weighted by atomic mass is 19.1. The standard InChI is InChI=1S/C15H15FN2O2/c1-10-2-7-14(19)13(8-10)18-15(20)17-9-11-3-5-12(16)6-4-11/h2-8,19H,9H2,1H3,(H2,17,18,20).